The summed E-state index contributed by atoms with van der Waals surface area (Å²) < 4.78 is 17.0. The van der Waals surface area contributed by atoms with Crippen LogP contribution in [0.2, 0.25) is 5.32 Å². The molecule has 0 amide bonds. The predicted octanol–water partition coefficient (Wildman–Crippen LogP) is 2.33. The van der Waals surface area contributed by atoms with Crippen LogP contribution < -0.4 is 4.46 Å². The van der Waals surface area contributed by atoms with Crippen molar-refractivity contribution in [2.75, 3.05) is 20.8 Å². The van der Waals surface area contributed by atoms with E-state index in [0.29, 0.717) is 23.9 Å². The zero-order valence-corrected chi connectivity index (χ0v) is 17.1. The van der Waals surface area contributed by atoms with Gasteiger partial charge in [0.25, 0.3) is 0 Å². The molecule has 0 radical (unpaired) electrons. The van der Waals surface area contributed by atoms with Crippen molar-refractivity contribution >= 4 is 31.4 Å². The molecule has 0 spiro atoms. The molecule has 1 fully saturated rings. The normalized spacial score (nSPS) is 21.6. The van der Waals surface area contributed by atoms with E-state index in [1.165, 1.54) is 14.2 Å². The second kappa shape index (κ2) is 8.70. The summed E-state index contributed by atoms with van der Waals surface area (Å²) in [6.45, 7) is 0.344. The first-order valence-electron chi connectivity index (χ1n) is 8.67. The molecule has 2 aromatic rings. The third-order valence-electron chi connectivity index (χ3n) is 4.72. The zero-order valence-electron chi connectivity index (χ0n) is 15.3. The summed E-state index contributed by atoms with van der Waals surface area (Å²) in [5.74, 6) is -0.849. The van der Waals surface area contributed by atoms with E-state index in [9.17, 15) is 9.59 Å². The zero-order chi connectivity index (χ0) is 19.3. The van der Waals surface area contributed by atoms with Gasteiger partial charge in [-0.1, -0.05) is 0 Å². The van der Waals surface area contributed by atoms with E-state index < -0.39 is 5.60 Å². The van der Waals surface area contributed by atoms with Gasteiger partial charge in [-0.05, 0) is 0 Å². The van der Waals surface area contributed by atoms with Crippen LogP contribution in [0.3, 0.4) is 0 Å². The molecule has 142 valence electrons. The molecule has 5 nitrogen and oxygen atoms in total. The van der Waals surface area contributed by atoms with Gasteiger partial charge in [0, 0.05) is 0 Å². The Hall–Kier alpha value is -2.14. The molecule has 1 heterocycles. The molecule has 2 aromatic carbocycles. The Labute approximate surface area is 165 Å². The van der Waals surface area contributed by atoms with Gasteiger partial charge in [-0.25, -0.2) is 0 Å². The number of methoxy groups -OCH3 is 2. The molecule has 2 atom stereocenters. The molecular weight excluding hydrogens is 411 g/mol. The SMILES string of the molecule is COC(=O)c1ccccc1[Se]CC1(c2ccccc2)CC(C(=O)OC)CO1. The minimum atomic E-state index is -0.552. The Bertz CT molecular complexity index is 807. The monoisotopic (exact) mass is 434 g/mol. The number of esters is 2. The number of carbonyl (C=O) groups is 2. The molecule has 2 unspecified atom stereocenters. The molecule has 0 aromatic heterocycles. The Morgan fingerprint density at radius 2 is 1.78 bits per heavy atom. The van der Waals surface area contributed by atoms with Crippen molar-refractivity contribution in [1.82, 2.24) is 0 Å². The number of hydrogen-bond acceptors (Lipinski definition) is 5. The number of carbonyl (C=O) groups excluding carboxylic acids is 2. The van der Waals surface area contributed by atoms with Crippen molar-refractivity contribution in [3.8, 4) is 0 Å². The van der Waals surface area contributed by atoms with Crippen molar-refractivity contribution in [1.29, 1.82) is 0 Å². The van der Waals surface area contributed by atoms with E-state index >= 15 is 0 Å². The Balaban J connectivity index is 1.86. The van der Waals surface area contributed by atoms with Gasteiger partial charge in [0.2, 0.25) is 0 Å². The molecule has 0 aliphatic carbocycles. The summed E-state index contributed by atoms with van der Waals surface area (Å²) in [6, 6.07) is 17.5. The maximum absolute atomic E-state index is 12.1. The van der Waals surface area contributed by atoms with Gasteiger partial charge < -0.3 is 0 Å². The van der Waals surface area contributed by atoms with Crippen molar-refractivity contribution in [3.05, 3.63) is 65.7 Å². The number of hydrogen-bond donors (Lipinski definition) is 0. The van der Waals surface area contributed by atoms with Gasteiger partial charge >= 0.3 is 165 Å². The molecule has 0 bridgehead atoms. The van der Waals surface area contributed by atoms with Crippen LogP contribution in [-0.2, 0) is 24.6 Å². The van der Waals surface area contributed by atoms with Crippen LogP contribution in [0, 0.1) is 5.92 Å². The van der Waals surface area contributed by atoms with Crippen molar-refractivity contribution in [2.24, 2.45) is 5.92 Å². The average Bonchev–Trinajstić information content (AvgIpc) is 3.18. The van der Waals surface area contributed by atoms with Gasteiger partial charge in [0.1, 0.15) is 0 Å². The summed E-state index contributed by atoms with van der Waals surface area (Å²) >= 11 is -0.0361. The van der Waals surface area contributed by atoms with Crippen LogP contribution in [0.25, 0.3) is 0 Å². The van der Waals surface area contributed by atoms with Crippen LogP contribution in [0.5, 0.6) is 0 Å². The van der Waals surface area contributed by atoms with Crippen molar-refractivity contribution in [2.45, 2.75) is 17.3 Å². The van der Waals surface area contributed by atoms with E-state index in [-0.39, 0.29) is 32.8 Å². The van der Waals surface area contributed by atoms with Gasteiger partial charge in [0.05, 0.1) is 0 Å². The minimum absolute atomic E-state index is 0.0361. The molecule has 27 heavy (non-hydrogen) atoms. The third kappa shape index (κ3) is 4.24. The summed E-state index contributed by atoms with van der Waals surface area (Å²) in [4.78, 5) is 24.1. The molecular formula is C21H22O5Se. The summed E-state index contributed by atoms with van der Waals surface area (Å²) in [7, 11) is 2.79. The third-order valence-corrected chi connectivity index (χ3v) is 7.41. The molecule has 3 rings (SSSR count). The fourth-order valence-corrected chi connectivity index (χ4v) is 5.88. The quantitative estimate of drug-likeness (QED) is 0.517. The van der Waals surface area contributed by atoms with E-state index in [0.717, 1.165) is 10.0 Å². The van der Waals surface area contributed by atoms with Gasteiger partial charge in [0.15, 0.2) is 0 Å². The molecule has 0 saturated carbocycles. The summed E-state index contributed by atoms with van der Waals surface area (Å²) in [6.07, 6.45) is 0.575. The number of ether oxygens (including phenoxy) is 3. The first-order chi connectivity index (χ1) is 13.1. The van der Waals surface area contributed by atoms with E-state index in [1.807, 2.05) is 48.5 Å². The predicted molar refractivity (Wildman–Crippen MR) is 102 cm³/mol. The van der Waals surface area contributed by atoms with E-state index in [1.54, 1.807) is 6.07 Å². The standard InChI is InChI=1S/C21H22O5Se/c1-24-19(22)15-12-21(26-13-15,16-8-4-3-5-9-16)14-27-18-11-7-6-10-17(18)20(23)25-2/h3-11,15H,12-14H2,1-2H3. The topological polar surface area (TPSA) is 61.8 Å². The Morgan fingerprint density at radius 1 is 1.07 bits per heavy atom. The number of rotatable bonds is 6. The van der Waals surface area contributed by atoms with Crippen molar-refractivity contribution < 1.29 is 23.8 Å². The molecule has 1 aliphatic rings. The van der Waals surface area contributed by atoms with Gasteiger partial charge in [-0.3, -0.25) is 0 Å². The van der Waals surface area contributed by atoms with Crippen LogP contribution in [0.15, 0.2) is 54.6 Å². The fraction of sp³-hybridized carbons (Fsp3) is 0.333. The average molecular weight is 433 g/mol. The summed E-state index contributed by atoms with van der Waals surface area (Å²) in [5, 5.41) is 0.714. The summed E-state index contributed by atoms with van der Waals surface area (Å²) in [5.41, 5.74) is 1.09. The molecule has 1 aliphatic heterocycles. The maximum atomic E-state index is 12.1. The fourth-order valence-electron chi connectivity index (χ4n) is 3.29. The van der Waals surface area contributed by atoms with Crippen LogP contribution in [-0.4, -0.2) is 47.7 Å². The second-order valence-corrected chi connectivity index (χ2v) is 8.51. The molecule has 1 saturated heterocycles. The van der Waals surface area contributed by atoms with Crippen LogP contribution in [0.1, 0.15) is 22.3 Å². The van der Waals surface area contributed by atoms with Crippen molar-refractivity contribution in [3.63, 3.8) is 0 Å². The Morgan fingerprint density at radius 3 is 2.48 bits per heavy atom. The van der Waals surface area contributed by atoms with E-state index in [2.05, 4.69) is 0 Å². The van der Waals surface area contributed by atoms with Gasteiger partial charge in [-0.2, -0.15) is 0 Å². The molecule has 0 N–H and O–H groups in total. The first-order valence-corrected chi connectivity index (χ1v) is 10.7. The molecule has 6 heteroatoms. The van der Waals surface area contributed by atoms with Crippen LogP contribution in [0.4, 0.5) is 0 Å². The Kier molecular flexibility index (Phi) is 6.32. The second-order valence-electron chi connectivity index (χ2n) is 6.37. The number of benzene rings is 2. The first kappa shape index (κ1) is 19.6. The van der Waals surface area contributed by atoms with Crippen LogP contribution >= 0.6 is 0 Å². The van der Waals surface area contributed by atoms with E-state index in [4.69, 9.17) is 14.2 Å². The van der Waals surface area contributed by atoms with Gasteiger partial charge in [-0.15, -0.1) is 0 Å².